The molecule has 124 valence electrons. The lowest BCUT2D eigenvalue weighted by molar-refractivity contribution is -0.387. The van der Waals surface area contributed by atoms with E-state index in [1.807, 2.05) is 0 Å². The van der Waals surface area contributed by atoms with E-state index in [0.29, 0.717) is 31.2 Å². The molecular weight excluding hydrogens is 324 g/mol. The molecule has 23 heavy (non-hydrogen) atoms. The van der Waals surface area contributed by atoms with Gasteiger partial charge >= 0.3 is 5.97 Å². The van der Waals surface area contributed by atoms with Crippen molar-refractivity contribution >= 4 is 29.3 Å². The summed E-state index contributed by atoms with van der Waals surface area (Å²) >= 11 is 1.01. The Kier molecular flexibility index (Phi) is 6.36. The molecule has 0 bridgehead atoms. The zero-order valence-electron chi connectivity index (χ0n) is 12.3. The topological polar surface area (TPSA) is 99.0 Å². The summed E-state index contributed by atoms with van der Waals surface area (Å²) < 4.78 is 10.1. The number of benzene rings is 1. The van der Waals surface area contributed by atoms with E-state index in [9.17, 15) is 19.7 Å². The van der Waals surface area contributed by atoms with Crippen LogP contribution >= 0.6 is 11.8 Å². The van der Waals surface area contributed by atoms with Gasteiger partial charge in [0.05, 0.1) is 28.8 Å². The highest BCUT2D eigenvalue weighted by molar-refractivity contribution is 8.00. The molecule has 0 aromatic heterocycles. The van der Waals surface area contributed by atoms with Crippen LogP contribution in [0.5, 0.6) is 0 Å². The van der Waals surface area contributed by atoms with Gasteiger partial charge in [0, 0.05) is 19.2 Å². The second-order valence-electron chi connectivity index (χ2n) is 4.67. The first-order valence-electron chi connectivity index (χ1n) is 6.95. The van der Waals surface area contributed by atoms with Crippen molar-refractivity contribution in [3.63, 3.8) is 0 Å². The molecule has 0 aliphatic carbocycles. The third kappa shape index (κ3) is 5.22. The summed E-state index contributed by atoms with van der Waals surface area (Å²) in [5.74, 6) is -0.951. The van der Waals surface area contributed by atoms with E-state index < -0.39 is 10.9 Å². The van der Waals surface area contributed by atoms with Gasteiger partial charge in [0.25, 0.3) is 11.6 Å². The summed E-state index contributed by atoms with van der Waals surface area (Å²) in [5, 5.41) is 10.9. The minimum absolute atomic E-state index is 0.0605. The number of morpholine rings is 1. The molecule has 1 saturated heterocycles. The van der Waals surface area contributed by atoms with E-state index in [2.05, 4.69) is 0 Å². The molecule has 2 rings (SSSR count). The molecule has 0 atom stereocenters. The molecule has 1 amide bonds. The molecular formula is C14H16N2O6S. The van der Waals surface area contributed by atoms with Gasteiger partial charge in [-0.3, -0.25) is 19.7 Å². The van der Waals surface area contributed by atoms with Crippen LogP contribution in [-0.4, -0.2) is 60.4 Å². The molecule has 1 heterocycles. The summed E-state index contributed by atoms with van der Waals surface area (Å²) in [4.78, 5) is 35.8. The predicted molar refractivity (Wildman–Crippen MR) is 82.2 cm³/mol. The Balaban J connectivity index is 1.77. The predicted octanol–water partition coefficient (Wildman–Crippen LogP) is 1.09. The number of thioether (sulfide) groups is 1. The lowest BCUT2D eigenvalue weighted by atomic mass is 10.3. The molecule has 0 spiro atoms. The van der Waals surface area contributed by atoms with Crippen molar-refractivity contribution in [1.82, 2.24) is 4.90 Å². The van der Waals surface area contributed by atoms with Crippen molar-refractivity contribution in [3.05, 3.63) is 34.4 Å². The van der Waals surface area contributed by atoms with Gasteiger partial charge in [-0.15, -0.1) is 11.8 Å². The zero-order valence-corrected chi connectivity index (χ0v) is 13.1. The normalized spacial score (nSPS) is 14.3. The third-order valence-electron chi connectivity index (χ3n) is 3.13. The highest BCUT2D eigenvalue weighted by Crippen LogP contribution is 2.28. The van der Waals surface area contributed by atoms with E-state index >= 15 is 0 Å². The number of carbonyl (C=O) groups excluding carboxylic acids is 2. The van der Waals surface area contributed by atoms with Gasteiger partial charge in [-0.1, -0.05) is 12.1 Å². The fourth-order valence-electron chi connectivity index (χ4n) is 1.95. The van der Waals surface area contributed by atoms with Crippen LogP contribution in [0.2, 0.25) is 0 Å². The summed E-state index contributed by atoms with van der Waals surface area (Å²) in [6.07, 6.45) is 0. The lowest BCUT2D eigenvalue weighted by Crippen LogP contribution is -2.42. The minimum Gasteiger partial charge on any atom is -0.455 e. The quantitative estimate of drug-likeness (QED) is 0.331. The van der Waals surface area contributed by atoms with E-state index in [1.54, 1.807) is 23.1 Å². The maximum Gasteiger partial charge on any atom is 0.316 e. The first-order chi connectivity index (χ1) is 11.1. The molecule has 0 N–H and O–H groups in total. The van der Waals surface area contributed by atoms with Crippen molar-refractivity contribution in [3.8, 4) is 0 Å². The van der Waals surface area contributed by atoms with Gasteiger partial charge in [0.1, 0.15) is 0 Å². The Morgan fingerprint density at radius 2 is 2.00 bits per heavy atom. The van der Waals surface area contributed by atoms with Gasteiger partial charge in [-0.2, -0.15) is 0 Å². The first kappa shape index (κ1) is 17.2. The average Bonchev–Trinajstić information content (AvgIpc) is 2.58. The maximum absolute atomic E-state index is 11.8. The number of amides is 1. The minimum atomic E-state index is -0.588. The molecule has 1 aromatic rings. The van der Waals surface area contributed by atoms with Crippen LogP contribution < -0.4 is 0 Å². The molecule has 1 aromatic carbocycles. The number of hydrogen-bond acceptors (Lipinski definition) is 7. The van der Waals surface area contributed by atoms with Crippen molar-refractivity contribution in [1.29, 1.82) is 0 Å². The summed E-state index contributed by atoms with van der Waals surface area (Å²) in [6, 6.07) is 6.15. The fourth-order valence-corrected chi connectivity index (χ4v) is 2.78. The third-order valence-corrected chi connectivity index (χ3v) is 4.16. The zero-order chi connectivity index (χ0) is 16.7. The van der Waals surface area contributed by atoms with Gasteiger partial charge < -0.3 is 14.4 Å². The summed E-state index contributed by atoms with van der Waals surface area (Å²) in [5.41, 5.74) is -0.0605. The molecule has 1 aliphatic heterocycles. The number of hydrogen-bond donors (Lipinski definition) is 0. The van der Waals surface area contributed by atoms with Crippen LogP contribution in [-0.2, 0) is 19.1 Å². The summed E-state index contributed by atoms with van der Waals surface area (Å²) in [6.45, 7) is 1.61. The summed E-state index contributed by atoms with van der Waals surface area (Å²) in [7, 11) is 0. The Hall–Kier alpha value is -2.13. The van der Waals surface area contributed by atoms with Crippen LogP contribution in [0.15, 0.2) is 29.2 Å². The Morgan fingerprint density at radius 3 is 2.70 bits per heavy atom. The number of esters is 1. The fraction of sp³-hybridized carbons (Fsp3) is 0.429. The molecule has 1 aliphatic rings. The monoisotopic (exact) mass is 340 g/mol. The maximum atomic E-state index is 11.8. The molecule has 9 heteroatoms. The molecule has 0 unspecified atom stereocenters. The van der Waals surface area contributed by atoms with E-state index in [-0.39, 0.29) is 24.0 Å². The molecule has 8 nitrogen and oxygen atoms in total. The van der Waals surface area contributed by atoms with Gasteiger partial charge in [-0.05, 0) is 6.07 Å². The number of rotatable bonds is 6. The van der Waals surface area contributed by atoms with E-state index in [4.69, 9.17) is 9.47 Å². The van der Waals surface area contributed by atoms with Crippen LogP contribution in [0.1, 0.15) is 0 Å². The van der Waals surface area contributed by atoms with Gasteiger partial charge in [0.2, 0.25) is 0 Å². The Morgan fingerprint density at radius 1 is 1.30 bits per heavy atom. The van der Waals surface area contributed by atoms with Gasteiger partial charge in [0.15, 0.2) is 6.61 Å². The second kappa shape index (κ2) is 8.49. The van der Waals surface area contributed by atoms with Crippen LogP contribution in [0.25, 0.3) is 0 Å². The van der Waals surface area contributed by atoms with Crippen LogP contribution in [0, 0.1) is 10.1 Å². The number of ether oxygens (including phenoxy) is 2. The number of nitro groups is 1. The van der Waals surface area contributed by atoms with E-state index in [1.165, 1.54) is 6.07 Å². The number of nitro benzene ring substituents is 1. The molecule has 0 saturated carbocycles. The van der Waals surface area contributed by atoms with Crippen LogP contribution in [0.3, 0.4) is 0 Å². The highest BCUT2D eigenvalue weighted by Gasteiger charge is 2.19. The Bertz CT molecular complexity index is 588. The number of nitrogens with zero attached hydrogens (tertiary/aromatic N) is 2. The Labute approximate surface area is 136 Å². The van der Waals surface area contributed by atoms with Crippen molar-refractivity contribution in [2.24, 2.45) is 0 Å². The second-order valence-corrected chi connectivity index (χ2v) is 5.68. The number of para-hydroxylation sites is 1. The highest BCUT2D eigenvalue weighted by atomic mass is 32.2. The van der Waals surface area contributed by atoms with E-state index in [0.717, 1.165) is 11.8 Å². The largest absolute Gasteiger partial charge is 0.455 e. The van der Waals surface area contributed by atoms with Gasteiger partial charge in [-0.25, -0.2) is 0 Å². The molecule has 1 fully saturated rings. The van der Waals surface area contributed by atoms with Crippen molar-refractivity contribution < 1.29 is 24.0 Å². The first-order valence-corrected chi connectivity index (χ1v) is 7.94. The molecule has 0 radical (unpaired) electrons. The van der Waals surface area contributed by atoms with Crippen molar-refractivity contribution in [2.75, 3.05) is 38.7 Å². The lowest BCUT2D eigenvalue weighted by Gasteiger charge is -2.26. The standard InChI is InChI=1S/C14H16N2O6S/c17-13(15-5-7-21-8-6-15)9-22-14(18)10-23-12-4-2-1-3-11(12)16(19)20/h1-4H,5-10H2. The van der Waals surface area contributed by atoms with Crippen molar-refractivity contribution in [2.45, 2.75) is 4.90 Å². The van der Waals surface area contributed by atoms with Crippen LogP contribution in [0.4, 0.5) is 5.69 Å². The SMILES string of the molecule is O=C(CSc1ccccc1[N+](=O)[O-])OCC(=O)N1CCOCC1. The number of carbonyl (C=O) groups is 2. The smallest absolute Gasteiger partial charge is 0.316 e. The average molecular weight is 340 g/mol.